The van der Waals surface area contributed by atoms with E-state index in [1.807, 2.05) is 0 Å². The molecule has 2 N–H and O–H groups in total. The van der Waals surface area contributed by atoms with Crippen molar-refractivity contribution in [3.63, 3.8) is 0 Å². The fourth-order valence-corrected chi connectivity index (χ4v) is 3.05. The first-order chi connectivity index (χ1) is 9.01. The molecule has 1 aromatic rings. The molecule has 20 heavy (non-hydrogen) atoms. The van der Waals surface area contributed by atoms with Crippen molar-refractivity contribution in [2.75, 3.05) is 13.1 Å². The number of nitrogens with zero attached hydrogens (tertiary/aromatic N) is 1. The van der Waals surface area contributed by atoms with Crippen LogP contribution in [0.15, 0.2) is 22.7 Å². The normalized spacial score (nSPS) is 22.3. The first-order valence-corrected chi connectivity index (χ1v) is 7.27. The predicted molar refractivity (Wildman–Crippen MR) is 83.6 cm³/mol. The average molecular weight is 366 g/mol. The third kappa shape index (κ3) is 3.93. The summed E-state index contributed by atoms with van der Waals surface area (Å²) in [5.41, 5.74) is 6.13. The molecular formula is C14H19BrClFN2O. The maximum absolute atomic E-state index is 13.4. The van der Waals surface area contributed by atoms with Gasteiger partial charge in [0, 0.05) is 29.2 Å². The van der Waals surface area contributed by atoms with Crippen LogP contribution < -0.4 is 5.73 Å². The summed E-state index contributed by atoms with van der Waals surface area (Å²) in [5.74, 6) is 0.0341. The summed E-state index contributed by atoms with van der Waals surface area (Å²) in [7, 11) is 0. The number of likely N-dealkylation sites (tertiary alicyclic amines) is 1. The molecule has 1 amide bonds. The van der Waals surface area contributed by atoms with E-state index in [1.54, 1.807) is 11.0 Å². The van der Waals surface area contributed by atoms with Gasteiger partial charge in [0.15, 0.2) is 0 Å². The van der Waals surface area contributed by atoms with Gasteiger partial charge < -0.3 is 10.6 Å². The molecular weight excluding hydrogens is 347 g/mol. The van der Waals surface area contributed by atoms with Crippen LogP contribution in [0, 0.1) is 11.7 Å². The lowest BCUT2D eigenvalue weighted by Gasteiger charge is -2.38. The van der Waals surface area contributed by atoms with Crippen LogP contribution in [-0.4, -0.2) is 29.9 Å². The van der Waals surface area contributed by atoms with Crippen molar-refractivity contribution in [1.82, 2.24) is 4.90 Å². The summed E-state index contributed by atoms with van der Waals surface area (Å²) in [6.45, 7) is 3.31. The molecule has 1 aliphatic heterocycles. The van der Waals surface area contributed by atoms with E-state index in [0.29, 0.717) is 29.0 Å². The Kier molecular flexibility index (Phi) is 6.43. The topological polar surface area (TPSA) is 46.3 Å². The number of carbonyl (C=O) groups excluding carboxylic acids is 1. The molecule has 112 valence electrons. The molecule has 0 spiro atoms. The van der Waals surface area contributed by atoms with Crippen molar-refractivity contribution in [3.8, 4) is 0 Å². The Morgan fingerprint density at radius 1 is 1.50 bits per heavy atom. The van der Waals surface area contributed by atoms with Crippen LogP contribution in [0.2, 0.25) is 0 Å². The highest BCUT2D eigenvalue weighted by atomic mass is 79.9. The van der Waals surface area contributed by atoms with Gasteiger partial charge in [-0.1, -0.05) is 22.9 Å². The van der Waals surface area contributed by atoms with Gasteiger partial charge >= 0.3 is 0 Å². The molecule has 2 atom stereocenters. The van der Waals surface area contributed by atoms with Gasteiger partial charge in [-0.2, -0.15) is 0 Å². The zero-order valence-corrected chi connectivity index (χ0v) is 13.7. The van der Waals surface area contributed by atoms with Crippen molar-refractivity contribution in [3.05, 3.63) is 34.1 Å². The van der Waals surface area contributed by atoms with Crippen LogP contribution in [-0.2, 0) is 0 Å². The van der Waals surface area contributed by atoms with Gasteiger partial charge in [-0.3, -0.25) is 4.79 Å². The second kappa shape index (κ2) is 7.38. The van der Waals surface area contributed by atoms with E-state index < -0.39 is 5.82 Å². The highest BCUT2D eigenvalue weighted by molar-refractivity contribution is 9.10. The quantitative estimate of drug-likeness (QED) is 0.875. The summed E-state index contributed by atoms with van der Waals surface area (Å²) in [6, 6.07) is 4.32. The number of benzene rings is 1. The molecule has 0 saturated carbocycles. The maximum Gasteiger partial charge on any atom is 0.254 e. The third-order valence-electron chi connectivity index (χ3n) is 3.62. The zero-order valence-electron chi connectivity index (χ0n) is 11.3. The molecule has 2 unspecified atom stereocenters. The minimum Gasteiger partial charge on any atom is -0.334 e. The van der Waals surface area contributed by atoms with Crippen molar-refractivity contribution in [2.45, 2.75) is 25.8 Å². The number of halogens is 3. The smallest absolute Gasteiger partial charge is 0.254 e. The lowest BCUT2D eigenvalue weighted by atomic mass is 9.92. The van der Waals surface area contributed by atoms with E-state index in [9.17, 15) is 9.18 Å². The van der Waals surface area contributed by atoms with Gasteiger partial charge in [-0.25, -0.2) is 4.39 Å². The number of hydrogen-bond acceptors (Lipinski definition) is 2. The molecule has 0 aliphatic carbocycles. The van der Waals surface area contributed by atoms with E-state index in [2.05, 4.69) is 22.9 Å². The van der Waals surface area contributed by atoms with Crippen LogP contribution in [0.1, 0.15) is 30.1 Å². The van der Waals surface area contributed by atoms with Crippen LogP contribution in [0.25, 0.3) is 0 Å². The number of hydrogen-bond donors (Lipinski definition) is 1. The first kappa shape index (κ1) is 17.4. The second-order valence-corrected chi connectivity index (χ2v) is 6.09. The second-order valence-electron chi connectivity index (χ2n) is 5.18. The molecule has 1 saturated heterocycles. The van der Waals surface area contributed by atoms with Crippen LogP contribution in [0.5, 0.6) is 0 Å². The van der Waals surface area contributed by atoms with Gasteiger partial charge in [0.1, 0.15) is 5.82 Å². The van der Waals surface area contributed by atoms with E-state index in [0.717, 1.165) is 12.8 Å². The maximum atomic E-state index is 13.4. The molecule has 1 aromatic carbocycles. The third-order valence-corrected chi connectivity index (χ3v) is 4.08. The predicted octanol–water partition coefficient (Wildman–Crippen LogP) is 3.21. The van der Waals surface area contributed by atoms with Crippen molar-refractivity contribution in [1.29, 1.82) is 0 Å². The fourth-order valence-electron chi connectivity index (χ4n) is 2.59. The SMILES string of the molecule is CC1CCN(C(=O)c2cc(F)cc(Br)c2)C(CN)C1.Cl. The number of carbonyl (C=O) groups is 1. The lowest BCUT2D eigenvalue weighted by molar-refractivity contribution is 0.0573. The molecule has 1 fully saturated rings. The number of piperidine rings is 1. The summed E-state index contributed by atoms with van der Waals surface area (Å²) in [4.78, 5) is 14.2. The lowest BCUT2D eigenvalue weighted by Crippen LogP contribution is -2.49. The highest BCUT2D eigenvalue weighted by Crippen LogP contribution is 2.25. The minimum absolute atomic E-state index is 0. The van der Waals surface area contributed by atoms with Crippen molar-refractivity contribution in [2.24, 2.45) is 11.7 Å². The van der Waals surface area contributed by atoms with Gasteiger partial charge in [0.25, 0.3) is 5.91 Å². The highest BCUT2D eigenvalue weighted by Gasteiger charge is 2.29. The minimum atomic E-state index is -0.410. The standard InChI is InChI=1S/C14H18BrFN2O.ClH/c1-9-2-3-18(13(4-9)8-17)14(19)10-5-11(15)7-12(16)6-10;/h5-7,9,13H,2-4,8,17H2,1H3;1H. The summed E-state index contributed by atoms with van der Waals surface area (Å²) in [5, 5.41) is 0. The Labute approximate surface area is 133 Å². The van der Waals surface area contributed by atoms with Gasteiger partial charge in [-0.15, -0.1) is 12.4 Å². The number of nitrogens with two attached hydrogens (primary N) is 1. The van der Waals surface area contributed by atoms with Crippen molar-refractivity contribution >= 4 is 34.2 Å². The molecule has 1 heterocycles. The first-order valence-electron chi connectivity index (χ1n) is 6.48. The zero-order chi connectivity index (χ0) is 14.0. The van der Waals surface area contributed by atoms with E-state index >= 15 is 0 Å². The van der Waals surface area contributed by atoms with E-state index in [1.165, 1.54) is 12.1 Å². The monoisotopic (exact) mass is 364 g/mol. The van der Waals surface area contributed by atoms with E-state index in [4.69, 9.17) is 5.73 Å². The van der Waals surface area contributed by atoms with Crippen LogP contribution in [0.4, 0.5) is 4.39 Å². The Morgan fingerprint density at radius 2 is 2.20 bits per heavy atom. The average Bonchev–Trinajstić information content (AvgIpc) is 2.36. The Bertz CT molecular complexity index is 466. The van der Waals surface area contributed by atoms with Crippen LogP contribution >= 0.6 is 28.3 Å². The molecule has 0 aromatic heterocycles. The molecule has 0 bridgehead atoms. The number of amides is 1. The Hall–Kier alpha value is -0.650. The molecule has 6 heteroatoms. The van der Waals surface area contributed by atoms with Gasteiger partial charge in [0.05, 0.1) is 0 Å². The summed E-state index contributed by atoms with van der Waals surface area (Å²) in [6.07, 6.45) is 1.89. The van der Waals surface area contributed by atoms with Crippen LogP contribution in [0.3, 0.4) is 0 Å². The summed E-state index contributed by atoms with van der Waals surface area (Å²) >= 11 is 3.21. The molecule has 0 radical (unpaired) electrons. The Morgan fingerprint density at radius 3 is 2.80 bits per heavy atom. The Balaban J connectivity index is 0.00000200. The fraction of sp³-hybridized carbons (Fsp3) is 0.500. The van der Waals surface area contributed by atoms with Crippen molar-refractivity contribution < 1.29 is 9.18 Å². The molecule has 2 rings (SSSR count). The molecule has 3 nitrogen and oxygen atoms in total. The van der Waals surface area contributed by atoms with E-state index in [-0.39, 0.29) is 24.4 Å². The van der Waals surface area contributed by atoms with Gasteiger partial charge in [0.2, 0.25) is 0 Å². The molecule has 1 aliphatic rings. The number of rotatable bonds is 2. The van der Waals surface area contributed by atoms with Gasteiger partial charge in [-0.05, 0) is 37.0 Å². The summed E-state index contributed by atoms with van der Waals surface area (Å²) < 4.78 is 13.9. The largest absolute Gasteiger partial charge is 0.334 e.